The number of piperazine rings is 1. The molecule has 2 aliphatic heterocycles. The Morgan fingerprint density at radius 2 is 1.65 bits per heavy atom. The maximum absolute atomic E-state index is 11.4. The normalized spacial score (nSPS) is 22.5. The second kappa shape index (κ2) is 7.13. The van der Waals surface area contributed by atoms with Crippen LogP contribution in [-0.2, 0) is 18.8 Å². The molecule has 2 saturated heterocycles. The molecule has 0 atom stereocenters. The monoisotopic (exact) mass is 362 g/mol. The largest absolute Gasteiger partial charge is 0.498 e. The molecular weight excluding hydrogens is 335 g/mol. The third kappa shape index (κ3) is 3.84. The van der Waals surface area contributed by atoms with Gasteiger partial charge >= 0.3 is 13.1 Å². The van der Waals surface area contributed by atoms with Crippen LogP contribution in [0.25, 0.3) is 0 Å². The van der Waals surface area contributed by atoms with Crippen LogP contribution in [0.3, 0.4) is 0 Å². The lowest BCUT2D eigenvalue weighted by Crippen LogP contribution is -2.48. The van der Waals surface area contributed by atoms with Gasteiger partial charge in [-0.2, -0.15) is 0 Å². The van der Waals surface area contributed by atoms with Gasteiger partial charge in [0.2, 0.25) is 5.95 Å². The first kappa shape index (κ1) is 19.1. The number of anilines is 1. The number of esters is 1. The highest BCUT2D eigenvalue weighted by Gasteiger charge is 2.52. The maximum atomic E-state index is 11.4. The smallest absolute Gasteiger partial charge is 0.468 e. The Bertz CT molecular complexity index is 629. The van der Waals surface area contributed by atoms with Gasteiger partial charge in [0, 0.05) is 44.0 Å². The highest BCUT2D eigenvalue weighted by atomic mass is 16.7. The van der Waals surface area contributed by atoms with Crippen LogP contribution in [0.5, 0.6) is 0 Å². The van der Waals surface area contributed by atoms with Gasteiger partial charge in [0.15, 0.2) is 0 Å². The lowest BCUT2D eigenvalue weighted by Gasteiger charge is -2.33. The van der Waals surface area contributed by atoms with E-state index in [1.54, 1.807) is 12.4 Å². The molecule has 0 radical (unpaired) electrons. The first-order valence-corrected chi connectivity index (χ1v) is 8.93. The topological polar surface area (TPSA) is 77.0 Å². The average Bonchev–Trinajstić information content (AvgIpc) is 2.83. The second-order valence-corrected chi connectivity index (χ2v) is 7.74. The van der Waals surface area contributed by atoms with Gasteiger partial charge in [-0.3, -0.25) is 9.69 Å². The van der Waals surface area contributed by atoms with Gasteiger partial charge in [-0.15, -0.1) is 0 Å². The van der Waals surface area contributed by atoms with Crippen molar-refractivity contribution in [3.8, 4) is 0 Å². The Kier molecular flexibility index (Phi) is 5.23. The number of hydrogen-bond donors (Lipinski definition) is 0. The van der Waals surface area contributed by atoms with Gasteiger partial charge in [0.1, 0.15) is 0 Å². The minimum atomic E-state index is -0.453. The van der Waals surface area contributed by atoms with Crippen molar-refractivity contribution < 1.29 is 18.8 Å². The molecule has 2 fully saturated rings. The molecular formula is C17H27BN4O4. The fourth-order valence-electron chi connectivity index (χ4n) is 2.95. The second-order valence-electron chi connectivity index (χ2n) is 7.74. The number of carbonyl (C=O) groups excluding carboxylic acids is 1. The molecule has 2 aliphatic rings. The summed E-state index contributed by atoms with van der Waals surface area (Å²) >= 11 is 0. The Balaban J connectivity index is 1.58. The summed E-state index contributed by atoms with van der Waals surface area (Å²) in [6.07, 6.45) is 3.54. The lowest BCUT2D eigenvalue weighted by atomic mass is 9.81. The van der Waals surface area contributed by atoms with Crippen LogP contribution in [0.1, 0.15) is 27.7 Å². The average molecular weight is 362 g/mol. The number of hydrogen-bond acceptors (Lipinski definition) is 8. The van der Waals surface area contributed by atoms with Crippen LogP contribution in [0, 0.1) is 0 Å². The summed E-state index contributed by atoms with van der Waals surface area (Å²) in [4.78, 5) is 24.5. The van der Waals surface area contributed by atoms with Gasteiger partial charge in [-0.1, -0.05) is 0 Å². The molecule has 0 bridgehead atoms. The van der Waals surface area contributed by atoms with E-state index in [4.69, 9.17) is 14.0 Å². The van der Waals surface area contributed by atoms with E-state index < -0.39 is 7.12 Å². The molecule has 0 saturated carbocycles. The highest BCUT2D eigenvalue weighted by molar-refractivity contribution is 6.61. The van der Waals surface area contributed by atoms with Crippen LogP contribution in [0.15, 0.2) is 12.4 Å². The minimum Gasteiger partial charge on any atom is -0.468 e. The van der Waals surface area contributed by atoms with Crippen molar-refractivity contribution in [2.24, 2.45) is 0 Å². The number of methoxy groups -OCH3 is 1. The third-order valence-corrected chi connectivity index (χ3v) is 5.42. The molecule has 0 aliphatic carbocycles. The SMILES string of the molecule is COC(=O)CN1CCN(c2ncc(B3OC(C)(C)C(C)(C)O3)cn2)CC1. The Labute approximate surface area is 155 Å². The highest BCUT2D eigenvalue weighted by Crippen LogP contribution is 2.36. The Hall–Kier alpha value is -1.71. The maximum Gasteiger partial charge on any atom is 0.498 e. The van der Waals surface area contributed by atoms with E-state index in [2.05, 4.69) is 19.8 Å². The van der Waals surface area contributed by atoms with E-state index >= 15 is 0 Å². The number of rotatable bonds is 4. The van der Waals surface area contributed by atoms with E-state index in [-0.39, 0.29) is 17.2 Å². The zero-order valence-electron chi connectivity index (χ0n) is 16.2. The quantitative estimate of drug-likeness (QED) is 0.550. The van der Waals surface area contributed by atoms with E-state index in [0.29, 0.717) is 12.5 Å². The first-order chi connectivity index (χ1) is 12.2. The van der Waals surface area contributed by atoms with E-state index in [1.165, 1.54) is 7.11 Å². The summed E-state index contributed by atoms with van der Waals surface area (Å²) in [5.41, 5.74) is 0.0511. The van der Waals surface area contributed by atoms with Gasteiger partial charge < -0.3 is 18.9 Å². The zero-order valence-corrected chi connectivity index (χ0v) is 16.2. The summed E-state index contributed by atoms with van der Waals surface area (Å²) in [6.45, 7) is 11.5. The molecule has 0 unspecified atom stereocenters. The molecule has 1 aromatic heterocycles. The third-order valence-electron chi connectivity index (χ3n) is 5.42. The molecule has 3 heterocycles. The molecule has 8 nitrogen and oxygen atoms in total. The van der Waals surface area contributed by atoms with Crippen LogP contribution >= 0.6 is 0 Å². The fourth-order valence-corrected chi connectivity index (χ4v) is 2.95. The van der Waals surface area contributed by atoms with Crippen molar-refractivity contribution in [2.45, 2.75) is 38.9 Å². The van der Waals surface area contributed by atoms with Gasteiger partial charge in [0.25, 0.3) is 0 Å². The molecule has 142 valence electrons. The first-order valence-electron chi connectivity index (χ1n) is 8.93. The van der Waals surface area contributed by atoms with Gasteiger partial charge in [-0.05, 0) is 27.7 Å². The molecule has 0 aromatic carbocycles. The molecule has 9 heteroatoms. The van der Waals surface area contributed by atoms with Crippen molar-refractivity contribution in [3.63, 3.8) is 0 Å². The summed E-state index contributed by atoms with van der Waals surface area (Å²) in [7, 11) is 0.958. The summed E-state index contributed by atoms with van der Waals surface area (Å²) < 4.78 is 16.8. The summed E-state index contributed by atoms with van der Waals surface area (Å²) in [6, 6.07) is 0. The van der Waals surface area contributed by atoms with Gasteiger partial charge in [0.05, 0.1) is 24.9 Å². The molecule has 26 heavy (non-hydrogen) atoms. The molecule has 1 aromatic rings. The number of aromatic nitrogens is 2. The predicted octanol–water partition coefficient (Wildman–Crippen LogP) is 0.0708. The van der Waals surface area contributed by atoms with Crippen LogP contribution in [-0.4, -0.2) is 79.0 Å². The van der Waals surface area contributed by atoms with Crippen LogP contribution in [0.2, 0.25) is 0 Å². The number of ether oxygens (including phenoxy) is 1. The van der Waals surface area contributed by atoms with Crippen molar-refractivity contribution in [3.05, 3.63) is 12.4 Å². The predicted molar refractivity (Wildman–Crippen MR) is 98.4 cm³/mol. The van der Waals surface area contributed by atoms with Crippen LogP contribution in [0.4, 0.5) is 5.95 Å². The van der Waals surface area contributed by atoms with Gasteiger partial charge in [-0.25, -0.2) is 9.97 Å². The Morgan fingerprint density at radius 1 is 1.12 bits per heavy atom. The zero-order chi connectivity index (χ0) is 18.9. The molecule has 0 N–H and O–H groups in total. The minimum absolute atomic E-state index is 0.207. The van der Waals surface area contributed by atoms with Crippen molar-refractivity contribution in [1.82, 2.24) is 14.9 Å². The van der Waals surface area contributed by atoms with E-state index in [0.717, 1.165) is 31.6 Å². The van der Waals surface area contributed by atoms with Crippen LogP contribution < -0.4 is 10.4 Å². The van der Waals surface area contributed by atoms with Crippen molar-refractivity contribution in [1.29, 1.82) is 0 Å². The standard InChI is InChI=1S/C17H27BN4O4/c1-16(2)17(3,4)26-18(25-16)13-10-19-15(20-11-13)22-8-6-21(7-9-22)12-14(23)24-5/h10-11H,6-9,12H2,1-5H3. The lowest BCUT2D eigenvalue weighted by molar-refractivity contribution is -0.142. The van der Waals surface area contributed by atoms with Crippen molar-refractivity contribution >= 4 is 24.5 Å². The Morgan fingerprint density at radius 3 is 2.15 bits per heavy atom. The summed E-state index contributed by atoms with van der Waals surface area (Å²) in [5, 5.41) is 0. The van der Waals surface area contributed by atoms with E-state index in [1.807, 2.05) is 27.7 Å². The number of carbonyl (C=O) groups is 1. The molecule has 0 amide bonds. The fraction of sp³-hybridized carbons (Fsp3) is 0.706. The van der Waals surface area contributed by atoms with E-state index in [9.17, 15) is 4.79 Å². The molecule has 0 spiro atoms. The number of nitrogens with zero attached hydrogens (tertiary/aromatic N) is 4. The summed E-state index contributed by atoms with van der Waals surface area (Å²) in [5.74, 6) is 0.476. The molecule has 3 rings (SSSR count). The van der Waals surface area contributed by atoms with Crippen molar-refractivity contribution in [2.75, 3.05) is 44.7 Å².